The van der Waals surface area contributed by atoms with Crippen molar-refractivity contribution < 1.29 is 29.5 Å². The number of carbonyl (C=O) groups is 1. The Morgan fingerprint density at radius 2 is 1.76 bits per heavy atom. The first-order valence-electron chi connectivity index (χ1n) is 7.14. The van der Waals surface area contributed by atoms with Crippen molar-refractivity contribution in [1.82, 2.24) is 14.7 Å². The molecular formula is C12H23N3O6. The van der Waals surface area contributed by atoms with Gasteiger partial charge in [-0.3, -0.25) is 4.90 Å². The van der Waals surface area contributed by atoms with Gasteiger partial charge in [0.2, 0.25) is 0 Å². The standard InChI is InChI=1S/C12H23N3O6/c1-2-18-12(17)15-5-3-13(4-6-15)7-11(16)8-14-9-19-21-20-10-14/h11,16H,2-10H2,1H3. The molecular weight excluding hydrogens is 282 g/mol. The highest BCUT2D eigenvalue weighted by Crippen LogP contribution is 2.06. The minimum Gasteiger partial charge on any atom is -0.450 e. The van der Waals surface area contributed by atoms with Crippen LogP contribution in [-0.4, -0.2) is 91.3 Å². The van der Waals surface area contributed by atoms with Crippen molar-refractivity contribution in [3.05, 3.63) is 0 Å². The van der Waals surface area contributed by atoms with E-state index in [-0.39, 0.29) is 19.6 Å². The van der Waals surface area contributed by atoms with Gasteiger partial charge in [0, 0.05) is 39.3 Å². The second-order valence-electron chi connectivity index (χ2n) is 5.06. The Bertz CT molecular complexity index is 318. The molecule has 1 amide bonds. The molecule has 0 bridgehead atoms. The second-order valence-corrected chi connectivity index (χ2v) is 5.06. The van der Waals surface area contributed by atoms with E-state index >= 15 is 0 Å². The minimum atomic E-state index is -0.510. The van der Waals surface area contributed by atoms with Crippen LogP contribution in [0.4, 0.5) is 4.79 Å². The molecule has 1 atom stereocenters. The van der Waals surface area contributed by atoms with Gasteiger partial charge in [-0.15, -0.1) is 0 Å². The molecule has 1 unspecified atom stereocenters. The highest BCUT2D eigenvalue weighted by Gasteiger charge is 2.24. The number of ether oxygens (including phenoxy) is 1. The molecule has 0 saturated carbocycles. The Morgan fingerprint density at radius 1 is 1.14 bits per heavy atom. The van der Waals surface area contributed by atoms with Gasteiger partial charge in [-0.05, 0) is 6.92 Å². The molecule has 122 valence electrons. The van der Waals surface area contributed by atoms with Crippen LogP contribution in [0.1, 0.15) is 6.92 Å². The van der Waals surface area contributed by atoms with Crippen molar-refractivity contribution in [3.63, 3.8) is 0 Å². The normalized spacial score (nSPS) is 23.0. The largest absolute Gasteiger partial charge is 0.450 e. The molecule has 21 heavy (non-hydrogen) atoms. The lowest BCUT2D eigenvalue weighted by atomic mass is 10.2. The molecule has 2 aliphatic rings. The zero-order chi connectivity index (χ0) is 15.1. The molecule has 0 spiro atoms. The molecule has 9 heteroatoms. The number of hydrogen-bond acceptors (Lipinski definition) is 8. The van der Waals surface area contributed by atoms with Crippen molar-refractivity contribution >= 4 is 6.09 Å². The fraction of sp³-hybridized carbons (Fsp3) is 0.917. The fourth-order valence-electron chi connectivity index (χ4n) is 2.35. The van der Waals surface area contributed by atoms with Gasteiger partial charge < -0.3 is 14.7 Å². The highest BCUT2D eigenvalue weighted by atomic mass is 17.5. The molecule has 0 aromatic rings. The van der Waals surface area contributed by atoms with E-state index in [4.69, 9.17) is 4.74 Å². The number of rotatable bonds is 5. The molecule has 1 N–H and O–H groups in total. The van der Waals surface area contributed by atoms with Gasteiger partial charge >= 0.3 is 6.09 Å². The third-order valence-electron chi connectivity index (χ3n) is 3.40. The van der Waals surface area contributed by atoms with Crippen LogP contribution in [0.25, 0.3) is 0 Å². The maximum Gasteiger partial charge on any atom is 0.409 e. The lowest BCUT2D eigenvalue weighted by molar-refractivity contribution is -0.559. The minimum absolute atomic E-state index is 0.264. The average Bonchev–Trinajstić information content (AvgIpc) is 2.49. The van der Waals surface area contributed by atoms with E-state index < -0.39 is 6.10 Å². The van der Waals surface area contributed by atoms with Crippen molar-refractivity contribution in [2.75, 3.05) is 59.3 Å². The summed E-state index contributed by atoms with van der Waals surface area (Å²) in [4.78, 5) is 26.5. The molecule has 0 aromatic carbocycles. The van der Waals surface area contributed by atoms with Crippen molar-refractivity contribution in [1.29, 1.82) is 0 Å². The Labute approximate surface area is 123 Å². The van der Waals surface area contributed by atoms with Gasteiger partial charge in [0.1, 0.15) is 13.5 Å². The van der Waals surface area contributed by atoms with E-state index in [1.165, 1.54) is 0 Å². The third-order valence-corrected chi connectivity index (χ3v) is 3.40. The summed E-state index contributed by atoms with van der Waals surface area (Å²) in [6.07, 6.45) is -0.773. The van der Waals surface area contributed by atoms with Gasteiger partial charge in [-0.1, -0.05) is 5.04 Å². The van der Waals surface area contributed by atoms with Crippen LogP contribution in [0.3, 0.4) is 0 Å². The van der Waals surface area contributed by atoms with Gasteiger partial charge in [-0.2, -0.15) is 9.78 Å². The molecule has 0 aliphatic carbocycles. The van der Waals surface area contributed by atoms with Crippen molar-refractivity contribution in [3.8, 4) is 0 Å². The fourth-order valence-corrected chi connectivity index (χ4v) is 2.35. The number of β-amino-alcohol motifs (C(OH)–C–C–N with tert-alkyl or cyclic N) is 1. The number of nitrogens with zero attached hydrogens (tertiary/aromatic N) is 3. The van der Waals surface area contributed by atoms with Gasteiger partial charge in [-0.25, -0.2) is 9.69 Å². The number of hydrogen-bond donors (Lipinski definition) is 1. The zero-order valence-corrected chi connectivity index (χ0v) is 12.3. The topological polar surface area (TPSA) is 83.9 Å². The number of aliphatic hydroxyl groups is 1. The maximum atomic E-state index is 11.6. The summed E-state index contributed by atoms with van der Waals surface area (Å²) < 4.78 is 4.97. The summed E-state index contributed by atoms with van der Waals surface area (Å²) in [5, 5.41) is 14.4. The molecule has 2 fully saturated rings. The molecule has 0 radical (unpaired) electrons. The summed E-state index contributed by atoms with van der Waals surface area (Å²) in [7, 11) is 0. The first-order valence-corrected chi connectivity index (χ1v) is 7.14. The number of aliphatic hydroxyl groups excluding tert-OH is 1. The van der Waals surface area contributed by atoms with Gasteiger partial charge in [0.15, 0.2) is 0 Å². The molecule has 2 saturated heterocycles. The van der Waals surface area contributed by atoms with Gasteiger partial charge in [0.25, 0.3) is 0 Å². The van der Waals surface area contributed by atoms with Crippen LogP contribution < -0.4 is 0 Å². The number of piperazine rings is 1. The predicted molar refractivity (Wildman–Crippen MR) is 70.7 cm³/mol. The lowest BCUT2D eigenvalue weighted by Gasteiger charge is -2.35. The molecule has 0 aromatic heterocycles. The Kier molecular flexibility index (Phi) is 6.61. The van der Waals surface area contributed by atoms with Crippen LogP contribution in [0, 0.1) is 0 Å². The van der Waals surface area contributed by atoms with Crippen molar-refractivity contribution in [2.24, 2.45) is 0 Å². The molecule has 2 aliphatic heterocycles. The van der Waals surface area contributed by atoms with Crippen molar-refractivity contribution in [2.45, 2.75) is 13.0 Å². The average molecular weight is 305 g/mol. The quantitative estimate of drug-likeness (QED) is 0.663. The Balaban J connectivity index is 1.64. The van der Waals surface area contributed by atoms with Crippen LogP contribution in [-0.2, 0) is 19.6 Å². The first-order chi connectivity index (χ1) is 10.2. The first kappa shape index (κ1) is 16.4. The second kappa shape index (κ2) is 8.47. The van der Waals surface area contributed by atoms with E-state index in [1.54, 1.807) is 16.7 Å². The lowest BCUT2D eigenvalue weighted by Crippen LogP contribution is -2.52. The van der Waals surface area contributed by atoms with Crippen LogP contribution in [0.5, 0.6) is 0 Å². The Hall–Kier alpha value is -0.970. The number of carbonyl (C=O) groups excluding carboxylic acids is 1. The van der Waals surface area contributed by atoms with E-state index in [1.807, 2.05) is 0 Å². The van der Waals surface area contributed by atoms with Crippen LogP contribution in [0.2, 0.25) is 0 Å². The van der Waals surface area contributed by atoms with Gasteiger partial charge in [0.05, 0.1) is 12.7 Å². The monoisotopic (exact) mass is 305 g/mol. The predicted octanol–water partition coefficient (Wildman–Crippen LogP) is -0.768. The van der Waals surface area contributed by atoms with E-state index in [0.717, 1.165) is 13.1 Å². The highest BCUT2D eigenvalue weighted by molar-refractivity contribution is 5.67. The SMILES string of the molecule is CCOC(=O)N1CCN(CC(O)CN2COOOC2)CC1. The summed E-state index contributed by atoms with van der Waals surface area (Å²) in [6, 6.07) is 0. The Morgan fingerprint density at radius 3 is 2.38 bits per heavy atom. The molecule has 9 nitrogen and oxygen atoms in total. The molecule has 2 heterocycles. The summed E-state index contributed by atoms with van der Waals surface area (Å²) >= 11 is 0. The third kappa shape index (κ3) is 5.38. The maximum absolute atomic E-state index is 11.6. The summed E-state index contributed by atoms with van der Waals surface area (Å²) in [6.45, 7) is 6.42. The summed E-state index contributed by atoms with van der Waals surface area (Å²) in [5.74, 6) is 0. The summed E-state index contributed by atoms with van der Waals surface area (Å²) in [5.41, 5.74) is 0. The smallest absolute Gasteiger partial charge is 0.409 e. The van der Waals surface area contributed by atoms with E-state index in [0.29, 0.717) is 32.8 Å². The zero-order valence-electron chi connectivity index (χ0n) is 12.3. The van der Waals surface area contributed by atoms with Crippen LogP contribution in [0.15, 0.2) is 0 Å². The molecule has 2 rings (SSSR count). The number of amides is 1. The van der Waals surface area contributed by atoms with Crippen LogP contribution >= 0.6 is 0 Å². The van der Waals surface area contributed by atoms with E-state index in [9.17, 15) is 9.90 Å². The van der Waals surface area contributed by atoms with E-state index in [2.05, 4.69) is 19.7 Å².